The van der Waals surface area contributed by atoms with Crippen LogP contribution in [-0.2, 0) is 11.2 Å². The maximum Gasteiger partial charge on any atom is 0.0585 e. The number of aromatic nitrogens is 1. The van der Waals surface area contributed by atoms with Crippen molar-refractivity contribution in [2.45, 2.75) is 19.4 Å². The van der Waals surface area contributed by atoms with Crippen molar-refractivity contribution >= 4 is 16.9 Å². The molecule has 0 aliphatic carbocycles. The standard InChI is InChI=1S/C12H14N2O2/c1-7-2-3-9-8(5-10(13)12(15)16)6-14-11(9)4-7/h2-4,6,10,14H,5,13H2,1H3,(H,15,16)/p-1/t10-/m0/s1. The van der Waals surface area contributed by atoms with Crippen LogP contribution in [0, 0.1) is 6.92 Å². The Bertz CT molecular complexity index is 531. The third kappa shape index (κ3) is 1.92. The summed E-state index contributed by atoms with van der Waals surface area (Å²) in [5.74, 6) is -1.22. The van der Waals surface area contributed by atoms with Crippen molar-refractivity contribution in [1.29, 1.82) is 0 Å². The van der Waals surface area contributed by atoms with Crippen molar-refractivity contribution in [2.75, 3.05) is 0 Å². The molecule has 0 radical (unpaired) electrons. The smallest absolute Gasteiger partial charge is 0.0585 e. The van der Waals surface area contributed by atoms with Gasteiger partial charge in [-0.15, -0.1) is 0 Å². The van der Waals surface area contributed by atoms with Gasteiger partial charge in [-0.05, 0) is 30.5 Å². The highest BCUT2D eigenvalue weighted by atomic mass is 16.4. The Kier molecular flexibility index (Phi) is 2.66. The zero-order valence-electron chi connectivity index (χ0n) is 8.99. The monoisotopic (exact) mass is 217 g/mol. The number of fused-ring (bicyclic) bond motifs is 1. The molecule has 0 fully saturated rings. The first-order valence-electron chi connectivity index (χ1n) is 5.11. The normalized spacial score (nSPS) is 12.9. The van der Waals surface area contributed by atoms with Crippen LogP contribution < -0.4 is 10.8 Å². The molecule has 0 unspecified atom stereocenters. The van der Waals surface area contributed by atoms with E-state index < -0.39 is 12.0 Å². The number of carbonyl (C=O) groups is 1. The zero-order valence-corrected chi connectivity index (χ0v) is 8.99. The molecule has 1 heterocycles. The van der Waals surface area contributed by atoms with Gasteiger partial charge in [-0.1, -0.05) is 12.1 Å². The Hall–Kier alpha value is -1.81. The molecule has 1 aromatic carbocycles. The number of carboxylic acids is 1. The summed E-state index contributed by atoms with van der Waals surface area (Å²) in [7, 11) is 0. The van der Waals surface area contributed by atoms with Crippen LogP contribution in [0.3, 0.4) is 0 Å². The second-order valence-corrected chi connectivity index (χ2v) is 3.99. The zero-order chi connectivity index (χ0) is 11.7. The summed E-state index contributed by atoms with van der Waals surface area (Å²) >= 11 is 0. The lowest BCUT2D eigenvalue weighted by Gasteiger charge is -2.11. The molecule has 0 saturated carbocycles. The van der Waals surface area contributed by atoms with Crippen LogP contribution in [0.25, 0.3) is 10.9 Å². The third-order valence-electron chi connectivity index (χ3n) is 2.67. The van der Waals surface area contributed by atoms with E-state index in [0.717, 1.165) is 22.0 Å². The Balaban J connectivity index is 2.35. The maximum absolute atomic E-state index is 10.6. The van der Waals surface area contributed by atoms with Gasteiger partial charge >= 0.3 is 0 Å². The fourth-order valence-corrected chi connectivity index (χ4v) is 1.79. The third-order valence-corrected chi connectivity index (χ3v) is 2.67. The molecule has 1 atom stereocenters. The average Bonchev–Trinajstić information content (AvgIpc) is 2.60. The molecule has 0 aliphatic heterocycles. The van der Waals surface area contributed by atoms with E-state index in [1.54, 1.807) is 6.20 Å². The van der Waals surface area contributed by atoms with Crippen molar-refractivity contribution in [3.63, 3.8) is 0 Å². The number of nitrogens with one attached hydrogen (secondary N) is 1. The van der Waals surface area contributed by atoms with E-state index >= 15 is 0 Å². The van der Waals surface area contributed by atoms with Crippen LogP contribution in [0.15, 0.2) is 24.4 Å². The number of nitrogens with two attached hydrogens (primary N) is 1. The van der Waals surface area contributed by atoms with Crippen molar-refractivity contribution in [2.24, 2.45) is 5.73 Å². The number of rotatable bonds is 3. The van der Waals surface area contributed by atoms with Crippen molar-refractivity contribution < 1.29 is 9.90 Å². The van der Waals surface area contributed by atoms with Crippen molar-refractivity contribution in [3.8, 4) is 0 Å². The number of H-pyrrole nitrogens is 1. The lowest BCUT2D eigenvalue weighted by atomic mass is 10.0. The van der Waals surface area contributed by atoms with Crippen LogP contribution in [0.2, 0.25) is 0 Å². The van der Waals surface area contributed by atoms with Gasteiger partial charge in [0.25, 0.3) is 0 Å². The van der Waals surface area contributed by atoms with Gasteiger partial charge in [0.2, 0.25) is 0 Å². The largest absolute Gasteiger partial charge is 0.548 e. The van der Waals surface area contributed by atoms with Gasteiger partial charge in [0.05, 0.1) is 5.97 Å². The average molecular weight is 217 g/mol. The molecule has 0 spiro atoms. The lowest BCUT2D eigenvalue weighted by molar-refractivity contribution is -0.307. The summed E-state index contributed by atoms with van der Waals surface area (Å²) in [6.45, 7) is 2.01. The topological polar surface area (TPSA) is 81.9 Å². The Morgan fingerprint density at radius 3 is 3.00 bits per heavy atom. The summed E-state index contributed by atoms with van der Waals surface area (Å²) in [6.07, 6.45) is 2.08. The molecule has 0 bridgehead atoms. The number of aromatic amines is 1. The van der Waals surface area contributed by atoms with Gasteiger partial charge < -0.3 is 20.6 Å². The Labute approximate surface area is 93.1 Å². The number of hydrogen-bond donors (Lipinski definition) is 2. The van der Waals surface area contributed by atoms with Crippen LogP contribution in [0.1, 0.15) is 11.1 Å². The fraction of sp³-hybridized carbons (Fsp3) is 0.250. The molecule has 0 aliphatic rings. The highest BCUT2D eigenvalue weighted by Crippen LogP contribution is 2.20. The van der Waals surface area contributed by atoms with E-state index in [0.29, 0.717) is 0 Å². The van der Waals surface area contributed by atoms with Crippen LogP contribution in [-0.4, -0.2) is 17.0 Å². The maximum atomic E-state index is 10.6. The lowest BCUT2D eigenvalue weighted by Crippen LogP contribution is -2.43. The minimum absolute atomic E-state index is 0.283. The molecule has 0 saturated heterocycles. The molecular weight excluding hydrogens is 204 g/mol. The molecule has 1 aromatic heterocycles. The van der Waals surface area contributed by atoms with Gasteiger partial charge in [-0.25, -0.2) is 0 Å². The van der Waals surface area contributed by atoms with E-state index in [1.807, 2.05) is 25.1 Å². The molecule has 84 valence electrons. The first-order chi connectivity index (χ1) is 7.58. The second-order valence-electron chi connectivity index (χ2n) is 3.99. The summed E-state index contributed by atoms with van der Waals surface area (Å²) < 4.78 is 0. The van der Waals surface area contributed by atoms with Gasteiger partial charge in [-0.3, -0.25) is 0 Å². The van der Waals surface area contributed by atoms with E-state index in [9.17, 15) is 9.90 Å². The molecule has 3 N–H and O–H groups in total. The van der Waals surface area contributed by atoms with E-state index in [1.165, 1.54) is 0 Å². The minimum atomic E-state index is -1.22. The molecular formula is C12H13N2O2-. The van der Waals surface area contributed by atoms with Gasteiger partial charge in [0, 0.05) is 23.1 Å². The summed E-state index contributed by atoms with van der Waals surface area (Å²) in [4.78, 5) is 13.7. The first kappa shape index (κ1) is 10.7. The number of hydrogen-bond acceptors (Lipinski definition) is 3. The van der Waals surface area contributed by atoms with Crippen molar-refractivity contribution in [3.05, 3.63) is 35.5 Å². The number of carbonyl (C=O) groups excluding carboxylic acids is 1. The van der Waals surface area contributed by atoms with Crippen molar-refractivity contribution in [1.82, 2.24) is 4.98 Å². The Morgan fingerprint density at radius 2 is 2.31 bits per heavy atom. The Morgan fingerprint density at radius 1 is 1.56 bits per heavy atom. The van der Waals surface area contributed by atoms with E-state index in [2.05, 4.69) is 4.98 Å². The summed E-state index contributed by atoms with van der Waals surface area (Å²) in [5, 5.41) is 11.6. The highest BCUT2D eigenvalue weighted by molar-refractivity contribution is 5.84. The summed E-state index contributed by atoms with van der Waals surface area (Å²) in [6, 6.07) is 5.02. The van der Waals surface area contributed by atoms with E-state index in [4.69, 9.17) is 5.73 Å². The molecule has 0 amide bonds. The SMILES string of the molecule is Cc1ccc2c(C[C@H](N)C(=O)[O-])c[nH]c2c1. The van der Waals surface area contributed by atoms with Gasteiger partial charge in [-0.2, -0.15) is 0 Å². The number of aryl methyl sites for hydroxylation is 1. The molecule has 4 heteroatoms. The minimum Gasteiger partial charge on any atom is -0.548 e. The van der Waals surface area contributed by atoms with Gasteiger partial charge in [0.1, 0.15) is 0 Å². The number of carboxylic acid groups (broad SMARTS) is 1. The predicted octanol–water partition coefficient (Wildman–Crippen LogP) is 0.0960. The van der Waals surface area contributed by atoms with Crippen LogP contribution in [0.5, 0.6) is 0 Å². The molecule has 2 aromatic rings. The first-order valence-corrected chi connectivity index (χ1v) is 5.11. The predicted molar refractivity (Wildman–Crippen MR) is 59.7 cm³/mol. The quantitative estimate of drug-likeness (QED) is 0.764. The fourth-order valence-electron chi connectivity index (χ4n) is 1.79. The molecule has 16 heavy (non-hydrogen) atoms. The molecule has 2 rings (SSSR count). The summed E-state index contributed by atoms with van der Waals surface area (Å²) in [5.41, 5.74) is 8.52. The number of aliphatic carboxylic acids is 1. The number of benzene rings is 1. The van der Waals surface area contributed by atoms with Gasteiger partial charge in [0.15, 0.2) is 0 Å². The molecule has 4 nitrogen and oxygen atoms in total. The second kappa shape index (κ2) is 3.98. The van der Waals surface area contributed by atoms with Crippen LogP contribution >= 0.6 is 0 Å². The van der Waals surface area contributed by atoms with E-state index in [-0.39, 0.29) is 6.42 Å². The van der Waals surface area contributed by atoms with Crippen LogP contribution in [0.4, 0.5) is 0 Å². The highest BCUT2D eigenvalue weighted by Gasteiger charge is 2.09.